The van der Waals surface area contributed by atoms with Crippen LogP contribution in [0.25, 0.3) is 0 Å². The van der Waals surface area contributed by atoms with E-state index in [1.165, 1.54) is 6.07 Å². The molecule has 0 aromatic carbocycles. The van der Waals surface area contributed by atoms with Crippen molar-refractivity contribution in [1.82, 2.24) is 9.55 Å². The molecule has 2 rings (SSSR count). The minimum atomic E-state index is -0.141. The number of hydrogen-bond donors (Lipinski definition) is 1. The lowest BCUT2D eigenvalue weighted by molar-refractivity contribution is 0.313. The molecule has 0 fully saturated rings. The molecule has 0 aliphatic rings. The minimum absolute atomic E-state index is 0.141. The van der Waals surface area contributed by atoms with Crippen LogP contribution in [-0.4, -0.2) is 16.2 Å². The summed E-state index contributed by atoms with van der Waals surface area (Å²) in [6, 6.07) is 5.70. The molecule has 0 aliphatic carbocycles. The highest BCUT2D eigenvalue weighted by atomic mass is 16.5. The van der Waals surface area contributed by atoms with E-state index in [2.05, 4.69) is 11.1 Å². The summed E-state index contributed by atoms with van der Waals surface area (Å²) < 4.78 is 7.26. The molecule has 2 aromatic heterocycles. The second-order valence-electron chi connectivity index (χ2n) is 5.05. The van der Waals surface area contributed by atoms with Crippen molar-refractivity contribution in [2.75, 3.05) is 6.61 Å². The number of ether oxygens (including phenoxy) is 1. The van der Waals surface area contributed by atoms with Crippen molar-refractivity contribution in [3.05, 3.63) is 51.2 Å². The van der Waals surface area contributed by atoms with Crippen molar-refractivity contribution in [3.8, 4) is 11.8 Å². The zero-order chi connectivity index (χ0) is 15.4. The van der Waals surface area contributed by atoms with E-state index in [9.17, 15) is 10.1 Å². The maximum absolute atomic E-state index is 12.0. The van der Waals surface area contributed by atoms with Crippen LogP contribution in [0.2, 0.25) is 0 Å². The van der Waals surface area contributed by atoms with Gasteiger partial charge >= 0.3 is 0 Å². The Kier molecular flexibility index (Phi) is 4.49. The van der Waals surface area contributed by atoms with Gasteiger partial charge < -0.3 is 14.3 Å². The maximum atomic E-state index is 12.0. The lowest BCUT2D eigenvalue weighted by Gasteiger charge is -2.09. The number of pyridine rings is 1. The predicted molar refractivity (Wildman–Crippen MR) is 80.6 cm³/mol. The largest absolute Gasteiger partial charge is 0.488 e. The van der Waals surface area contributed by atoms with Gasteiger partial charge in [0.2, 0.25) is 5.43 Å². The molecular formula is C16H19N3O2. The Labute approximate surface area is 123 Å². The normalized spacial score (nSPS) is 10.4. The van der Waals surface area contributed by atoms with Gasteiger partial charge in [0.25, 0.3) is 0 Å². The summed E-state index contributed by atoms with van der Waals surface area (Å²) in [4.78, 5) is 15.0. The van der Waals surface area contributed by atoms with E-state index < -0.39 is 0 Å². The van der Waals surface area contributed by atoms with Gasteiger partial charge in [-0.1, -0.05) is 6.92 Å². The molecule has 0 spiro atoms. The molecule has 0 bridgehead atoms. The van der Waals surface area contributed by atoms with Crippen LogP contribution in [0.1, 0.15) is 36.0 Å². The van der Waals surface area contributed by atoms with Crippen LogP contribution in [0.5, 0.6) is 5.75 Å². The van der Waals surface area contributed by atoms with Gasteiger partial charge in [-0.05, 0) is 31.9 Å². The number of nitrogens with one attached hydrogen (secondary N) is 1. The second-order valence-corrected chi connectivity index (χ2v) is 5.05. The van der Waals surface area contributed by atoms with Crippen LogP contribution in [0.3, 0.4) is 0 Å². The van der Waals surface area contributed by atoms with Gasteiger partial charge in [0.05, 0.1) is 13.2 Å². The standard InChI is InChI=1S/C16H19N3O2/c1-4-5-21-16-9-18-13(7-15(16)20)10-19-12(3)6-11(2)14(19)8-17/h6-7,9H,4-5,10H2,1-3H3,(H,18,20). The van der Waals surface area contributed by atoms with Crippen LogP contribution < -0.4 is 10.2 Å². The van der Waals surface area contributed by atoms with Gasteiger partial charge in [-0.3, -0.25) is 4.79 Å². The number of rotatable bonds is 5. The zero-order valence-corrected chi connectivity index (χ0v) is 12.6. The number of nitrogens with zero attached hydrogens (tertiary/aromatic N) is 2. The van der Waals surface area contributed by atoms with Crippen LogP contribution in [0.15, 0.2) is 23.1 Å². The van der Waals surface area contributed by atoms with Crippen molar-refractivity contribution < 1.29 is 4.74 Å². The smallest absolute Gasteiger partial charge is 0.223 e. The molecule has 2 aromatic rings. The summed E-state index contributed by atoms with van der Waals surface area (Å²) in [6.07, 6.45) is 2.44. The van der Waals surface area contributed by atoms with Gasteiger partial charge in [0.15, 0.2) is 5.75 Å². The Balaban J connectivity index is 2.27. The van der Waals surface area contributed by atoms with Crippen molar-refractivity contribution in [2.45, 2.75) is 33.7 Å². The molecule has 5 heteroatoms. The average molecular weight is 285 g/mol. The van der Waals surface area contributed by atoms with Crippen LogP contribution >= 0.6 is 0 Å². The van der Waals surface area contributed by atoms with Crippen molar-refractivity contribution in [3.63, 3.8) is 0 Å². The summed E-state index contributed by atoms with van der Waals surface area (Å²) >= 11 is 0. The number of aryl methyl sites for hydroxylation is 2. The van der Waals surface area contributed by atoms with E-state index >= 15 is 0 Å². The van der Waals surface area contributed by atoms with E-state index in [4.69, 9.17) is 4.74 Å². The fourth-order valence-corrected chi connectivity index (χ4v) is 2.29. The highest BCUT2D eigenvalue weighted by Gasteiger charge is 2.11. The lowest BCUT2D eigenvalue weighted by Crippen LogP contribution is -2.13. The van der Waals surface area contributed by atoms with Crippen molar-refractivity contribution >= 4 is 0 Å². The first kappa shape index (κ1) is 14.9. The lowest BCUT2D eigenvalue weighted by atomic mass is 10.3. The molecule has 1 N–H and O–H groups in total. The van der Waals surface area contributed by atoms with Gasteiger partial charge in [0, 0.05) is 23.7 Å². The number of aromatic nitrogens is 2. The molecule has 0 aliphatic heterocycles. The fraction of sp³-hybridized carbons (Fsp3) is 0.375. The van der Waals surface area contributed by atoms with Gasteiger partial charge in [-0.15, -0.1) is 0 Å². The molecule has 2 heterocycles. The first-order chi connectivity index (χ1) is 10.1. The maximum Gasteiger partial charge on any atom is 0.223 e. The molecular weight excluding hydrogens is 266 g/mol. The first-order valence-corrected chi connectivity index (χ1v) is 6.98. The molecule has 0 atom stereocenters. The van der Waals surface area contributed by atoms with Crippen LogP contribution in [0, 0.1) is 25.2 Å². The van der Waals surface area contributed by atoms with E-state index in [0.29, 0.717) is 24.6 Å². The van der Waals surface area contributed by atoms with E-state index in [0.717, 1.165) is 23.4 Å². The third kappa shape index (κ3) is 3.16. The van der Waals surface area contributed by atoms with Gasteiger partial charge in [-0.25, -0.2) is 0 Å². The molecule has 110 valence electrons. The molecule has 0 saturated heterocycles. The highest BCUT2D eigenvalue weighted by Crippen LogP contribution is 2.15. The second kappa shape index (κ2) is 6.31. The van der Waals surface area contributed by atoms with E-state index in [1.807, 2.05) is 31.4 Å². The monoisotopic (exact) mass is 285 g/mol. The van der Waals surface area contributed by atoms with Crippen LogP contribution in [0.4, 0.5) is 0 Å². The first-order valence-electron chi connectivity index (χ1n) is 6.98. The average Bonchev–Trinajstić information content (AvgIpc) is 2.72. The Morgan fingerprint density at radius 1 is 1.38 bits per heavy atom. The number of hydrogen-bond acceptors (Lipinski definition) is 3. The van der Waals surface area contributed by atoms with Crippen molar-refractivity contribution in [2.24, 2.45) is 0 Å². The Morgan fingerprint density at radius 2 is 2.14 bits per heavy atom. The van der Waals surface area contributed by atoms with Gasteiger partial charge in [-0.2, -0.15) is 5.26 Å². The van der Waals surface area contributed by atoms with E-state index in [1.54, 1.807) is 6.20 Å². The van der Waals surface area contributed by atoms with E-state index in [-0.39, 0.29) is 5.43 Å². The third-order valence-electron chi connectivity index (χ3n) is 3.33. The SMILES string of the molecule is CCCOc1c[nH]c(Cn2c(C)cc(C)c2C#N)cc1=O. The zero-order valence-electron chi connectivity index (χ0n) is 12.6. The summed E-state index contributed by atoms with van der Waals surface area (Å²) in [5, 5.41) is 9.22. The highest BCUT2D eigenvalue weighted by molar-refractivity contribution is 5.36. The summed E-state index contributed by atoms with van der Waals surface area (Å²) in [5.74, 6) is 0.335. The molecule has 0 unspecified atom stereocenters. The summed E-state index contributed by atoms with van der Waals surface area (Å²) in [6.45, 7) is 6.84. The summed E-state index contributed by atoms with van der Waals surface area (Å²) in [7, 11) is 0. The molecule has 0 amide bonds. The Bertz CT molecular complexity index is 735. The molecule has 21 heavy (non-hydrogen) atoms. The number of H-pyrrole nitrogens is 1. The third-order valence-corrected chi connectivity index (χ3v) is 3.33. The summed E-state index contributed by atoms with van der Waals surface area (Å²) in [5.41, 5.74) is 3.17. The quantitative estimate of drug-likeness (QED) is 0.917. The Hall–Kier alpha value is -2.48. The molecule has 5 nitrogen and oxygen atoms in total. The number of aromatic amines is 1. The minimum Gasteiger partial charge on any atom is -0.488 e. The van der Waals surface area contributed by atoms with Gasteiger partial charge in [0.1, 0.15) is 11.8 Å². The number of nitriles is 1. The topological polar surface area (TPSA) is 70.8 Å². The fourth-order valence-electron chi connectivity index (χ4n) is 2.29. The predicted octanol–water partition coefficient (Wildman–Crippen LogP) is 2.50. The molecule has 0 saturated carbocycles. The van der Waals surface area contributed by atoms with Crippen LogP contribution in [-0.2, 0) is 6.54 Å². The van der Waals surface area contributed by atoms with Crippen molar-refractivity contribution in [1.29, 1.82) is 5.26 Å². The molecule has 0 radical (unpaired) electrons. The Morgan fingerprint density at radius 3 is 2.76 bits per heavy atom.